The average molecular weight is 253 g/mol. The van der Waals surface area contributed by atoms with Gasteiger partial charge in [-0.1, -0.05) is 6.07 Å². The number of rotatable bonds is 6. The molecule has 0 spiro atoms. The van der Waals surface area contributed by atoms with E-state index in [1.165, 1.54) is 13.2 Å². The van der Waals surface area contributed by atoms with Crippen LogP contribution < -0.4 is 5.32 Å². The van der Waals surface area contributed by atoms with Crippen molar-refractivity contribution in [1.29, 1.82) is 0 Å². The number of carbonyl (C=O) groups is 2. The van der Waals surface area contributed by atoms with Gasteiger partial charge in [-0.15, -0.1) is 11.3 Å². The van der Waals surface area contributed by atoms with E-state index in [-0.39, 0.29) is 11.9 Å². The van der Waals surface area contributed by atoms with Crippen LogP contribution in [0.4, 0.5) is 0 Å². The molecule has 0 bridgehead atoms. The normalized spacial score (nSPS) is 10.4. The van der Waals surface area contributed by atoms with E-state index in [1.54, 1.807) is 17.4 Å². The summed E-state index contributed by atoms with van der Waals surface area (Å²) in [6.45, 7) is 0.475. The van der Waals surface area contributed by atoms with Crippen LogP contribution in [0.5, 0.6) is 0 Å². The molecule has 4 nitrogen and oxygen atoms in total. The summed E-state index contributed by atoms with van der Waals surface area (Å²) in [6.07, 6.45) is 4.17. The first-order valence-corrected chi connectivity index (χ1v) is 6.16. The van der Waals surface area contributed by atoms with Gasteiger partial charge in [-0.3, -0.25) is 9.59 Å². The van der Waals surface area contributed by atoms with E-state index in [0.717, 1.165) is 4.88 Å². The lowest BCUT2D eigenvalue weighted by Crippen LogP contribution is -2.22. The van der Waals surface area contributed by atoms with E-state index >= 15 is 0 Å². The molecule has 0 aliphatic heterocycles. The number of hydrogen-bond donors (Lipinski definition) is 1. The molecule has 1 rings (SSSR count). The van der Waals surface area contributed by atoms with Crippen LogP contribution in [-0.2, 0) is 14.3 Å². The smallest absolute Gasteiger partial charge is 0.305 e. The summed E-state index contributed by atoms with van der Waals surface area (Å²) in [4.78, 5) is 23.2. The van der Waals surface area contributed by atoms with E-state index in [9.17, 15) is 9.59 Å². The zero-order valence-electron chi connectivity index (χ0n) is 9.64. The maximum Gasteiger partial charge on any atom is 0.305 e. The molecule has 0 unspecified atom stereocenters. The molecule has 0 aliphatic rings. The number of esters is 1. The quantitative estimate of drug-likeness (QED) is 0.478. The highest BCUT2D eigenvalue weighted by atomic mass is 32.1. The van der Waals surface area contributed by atoms with Gasteiger partial charge in [-0.2, -0.15) is 0 Å². The molecule has 1 amide bonds. The van der Waals surface area contributed by atoms with Crippen molar-refractivity contribution >= 4 is 29.3 Å². The zero-order valence-corrected chi connectivity index (χ0v) is 10.5. The van der Waals surface area contributed by atoms with E-state index < -0.39 is 0 Å². The van der Waals surface area contributed by atoms with E-state index in [4.69, 9.17) is 0 Å². The number of nitrogens with one attached hydrogen (secondary N) is 1. The Bertz CT molecular complexity index is 384. The minimum Gasteiger partial charge on any atom is -0.469 e. The molecule has 0 saturated heterocycles. The number of ether oxygens (including phenoxy) is 1. The van der Waals surface area contributed by atoms with Gasteiger partial charge in [0.2, 0.25) is 5.91 Å². The summed E-state index contributed by atoms with van der Waals surface area (Å²) in [5.74, 6) is -0.406. The van der Waals surface area contributed by atoms with Gasteiger partial charge in [-0.05, 0) is 23.9 Å². The molecule has 0 aromatic carbocycles. The molecular weight excluding hydrogens is 238 g/mol. The Hall–Kier alpha value is -1.62. The summed E-state index contributed by atoms with van der Waals surface area (Å²) < 4.78 is 4.49. The predicted molar refractivity (Wildman–Crippen MR) is 67.6 cm³/mol. The first-order valence-electron chi connectivity index (χ1n) is 5.28. The maximum absolute atomic E-state index is 11.3. The molecule has 1 aromatic rings. The van der Waals surface area contributed by atoms with Crippen molar-refractivity contribution in [2.45, 2.75) is 12.8 Å². The van der Waals surface area contributed by atoms with Crippen molar-refractivity contribution in [2.75, 3.05) is 13.7 Å². The lowest BCUT2D eigenvalue weighted by molar-refractivity contribution is -0.140. The van der Waals surface area contributed by atoms with Gasteiger partial charge in [0.15, 0.2) is 0 Å². The molecule has 0 radical (unpaired) electrons. The predicted octanol–water partition coefficient (Wildman–Crippen LogP) is 1.83. The van der Waals surface area contributed by atoms with Crippen molar-refractivity contribution in [1.82, 2.24) is 5.32 Å². The molecule has 92 valence electrons. The van der Waals surface area contributed by atoms with Crippen molar-refractivity contribution in [3.63, 3.8) is 0 Å². The second kappa shape index (κ2) is 7.62. The molecule has 1 heterocycles. The zero-order chi connectivity index (χ0) is 12.5. The van der Waals surface area contributed by atoms with Crippen molar-refractivity contribution < 1.29 is 14.3 Å². The fraction of sp³-hybridized carbons (Fsp3) is 0.333. The molecule has 0 fully saturated rings. The number of hydrogen-bond acceptors (Lipinski definition) is 4. The number of thiophene rings is 1. The fourth-order valence-electron chi connectivity index (χ4n) is 1.15. The third kappa shape index (κ3) is 5.87. The van der Waals surface area contributed by atoms with Gasteiger partial charge < -0.3 is 10.1 Å². The van der Waals surface area contributed by atoms with Gasteiger partial charge in [0.25, 0.3) is 0 Å². The van der Waals surface area contributed by atoms with Crippen molar-refractivity contribution in [3.05, 3.63) is 28.5 Å². The Kier molecular flexibility index (Phi) is 6.03. The van der Waals surface area contributed by atoms with Crippen LogP contribution in [0.3, 0.4) is 0 Å². The molecule has 5 heteroatoms. The minimum atomic E-state index is -0.256. The highest BCUT2D eigenvalue weighted by molar-refractivity contribution is 7.10. The van der Waals surface area contributed by atoms with Crippen LogP contribution in [0, 0.1) is 0 Å². The number of amides is 1. The fourth-order valence-corrected chi connectivity index (χ4v) is 1.77. The van der Waals surface area contributed by atoms with E-state index in [1.807, 2.05) is 17.5 Å². The Morgan fingerprint density at radius 3 is 3.00 bits per heavy atom. The maximum atomic E-state index is 11.3. The van der Waals surface area contributed by atoms with E-state index in [2.05, 4.69) is 10.1 Å². The van der Waals surface area contributed by atoms with Crippen LogP contribution in [0.1, 0.15) is 17.7 Å². The van der Waals surface area contributed by atoms with Crippen LogP contribution in [0.15, 0.2) is 23.6 Å². The molecule has 1 N–H and O–H groups in total. The van der Waals surface area contributed by atoms with Gasteiger partial charge in [-0.25, -0.2) is 0 Å². The van der Waals surface area contributed by atoms with Gasteiger partial charge in [0.05, 0.1) is 7.11 Å². The molecule has 0 saturated carbocycles. The Balaban J connectivity index is 2.15. The summed E-state index contributed by atoms with van der Waals surface area (Å²) in [5.41, 5.74) is 0. The first kappa shape index (κ1) is 13.4. The second-order valence-corrected chi connectivity index (χ2v) is 4.30. The highest BCUT2D eigenvalue weighted by Crippen LogP contribution is 2.09. The van der Waals surface area contributed by atoms with Crippen molar-refractivity contribution in [3.8, 4) is 0 Å². The largest absolute Gasteiger partial charge is 0.469 e. The third-order valence-corrected chi connectivity index (χ3v) is 2.86. The van der Waals surface area contributed by atoms with E-state index in [0.29, 0.717) is 19.4 Å². The lowest BCUT2D eigenvalue weighted by atomic mass is 10.3. The third-order valence-electron chi connectivity index (χ3n) is 2.03. The van der Waals surface area contributed by atoms with Crippen LogP contribution in [0.2, 0.25) is 0 Å². The summed E-state index contributed by atoms with van der Waals surface area (Å²) in [5, 5.41) is 4.65. The lowest BCUT2D eigenvalue weighted by Gasteiger charge is -2.01. The summed E-state index contributed by atoms with van der Waals surface area (Å²) >= 11 is 1.57. The van der Waals surface area contributed by atoms with Gasteiger partial charge >= 0.3 is 5.97 Å². The molecule has 17 heavy (non-hydrogen) atoms. The molecule has 0 atom stereocenters. The SMILES string of the molecule is COC(=O)CCCNC(=O)/C=C/c1cccs1. The van der Waals surface area contributed by atoms with Crippen LogP contribution >= 0.6 is 11.3 Å². The monoisotopic (exact) mass is 253 g/mol. The summed E-state index contributed by atoms with van der Waals surface area (Å²) in [6, 6.07) is 3.87. The topological polar surface area (TPSA) is 55.4 Å². The number of methoxy groups -OCH3 is 1. The highest BCUT2D eigenvalue weighted by Gasteiger charge is 2.00. The first-order chi connectivity index (χ1) is 8.22. The second-order valence-electron chi connectivity index (χ2n) is 3.32. The van der Waals surface area contributed by atoms with Crippen molar-refractivity contribution in [2.24, 2.45) is 0 Å². The Morgan fingerprint density at radius 2 is 2.35 bits per heavy atom. The molecular formula is C12H15NO3S. The molecule has 1 aromatic heterocycles. The minimum absolute atomic E-state index is 0.150. The Labute approximate surface area is 104 Å². The standard InChI is InChI=1S/C12H15NO3S/c1-16-12(15)5-2-8-13-11(14)7-6-10-4-3-9-17-10/h3-4,6-7,9H,2,5,8H2,1H3,(H,13,14)/b7-6+. The Morgan fingerprint density at radius 1 is 1.53 bits per heavy atom. The van der Waals surface area contributed by atoms with Gasteiger partial charge in [0, 0.05) is 23.9 Å². The van der Waals surface area contributed by atoms with Crippen LogP contribution in [-0.4, -0.2) is 25.5 Å². The number of carbonyl (C=O) groups excluding carboxylic acids is 2. The average Bonchev–Trinajstić information content (AvgIpc) is 2.84. The summed E-state index contributed by atoms with van der Waals surface area (Å²) in [7, 11) is 1.35. The molecule has 0 aliphatic carbocycles. The van der Waals surface area contributed by atoms with Crippen LogP contribution in [0.25, 0.3) is 6.08 Å². The van der Waals surface area contributed by atoms with Gasteiger partial charge in [0.1, 0.15) is 0 Å².